The largest absolute Gasteiger partial charge is 0.481 e. The van der Waals surface area contributed by atoms with Gasteiger partial charge in [-0.05, 0) is 48.6 Å². The molecule has 1 atom stereocenters. The third kappa shape index (κ3) is 3.32. The molecule has 2 aromatic carbocycles. The summed E-state index contributed by atoms with van der Waals surface area (Å²) in [7, 11) is 0. The summed E-state index contributed by atoms with van der Waals surface area (Å²) in [6, 6.07) is 9.49. The van der Waals surface area contributed by atoms with Gasteiger partial charge in [0.1, 0.15) is 11.6 Å². The standard InChI is InChI=1S/C21H18ClF2NO2/c22-14-6-4-12(5-7-14)11-25-20-13(8-19(26)27)2-1-3-16(20)17-9-15(23)10-18(24)21(17)25/h4-7,9-10,13H,1-3,8,11H2,(H,26,27). The number of carboxylic acid groups (broad SMARTS) is 1. The number of nitrogens with zero attached hydrogens (tertiary/aromatic N) is 1. The summed E-state index contributed by atoms with van der Waals surface area (Å²) in [6.45, 7) is 0.377. The highest BCUT2D eigenvalue weighted by Crippen LogP contribution is 2.41. The fourth-order valence-electron chi connectivity index (χ4n) is 4.23. The number of halogens is 3. The second kappa shape index (κ2) is 6.97. The first kappa shape index (κ1) is 18.0. The van der Waals surface area contributed by atoms with Crippen LogP contribution in [0.1, 0.15) is 42.0 Å². The van der Waals surface area contributed by atoms with Crippen molar-refractivity contribution in [1.29, 1.82) is 0 Å². The van der Waals surface area contributed by atoms with Crippen LogP contribution in [0.2, 0.25) is 5.02 Å². The minimum absolute atomic E-state index is 0.0198. The van der Waals surface area contributed by atoms with Gasteiger partial charge in [0.2, 0.25) is 0 Å². The maximum absolute atomic E-state index is 14.8. The monoisotopic (exact) mass is 389 g/mol. The molecule has 3 aromatic rings. The van der Waals surface area contributed by atoms with E-state index in [0.29, 0.717) is 28.9 Å². The molecule has 1 aliphatic carbocycles. The van der Waals surface area contributed by atoms with E-state index in [2.05, 4.69) is 0 Å². The summed E-state index contributed by atoms with van der Waals surface area (Å²) in [5.74, 6) is -2.34. The lowest BCUT2D eigenvalue weighted by atomic mass is 9.84. The Kier molecular flexibility index (Phi) is 4.64. The Morgan fingerprint density at radius 3 is 2.67 bits per heavy atom. The molecule has 1 unspecified atom stereocenters. The molecule has 0 saturated carbocycles. The van der Waals surface area contributed by atoms with Crippen LogP contribution >= 0.6 is 11.6 Å². The predicted molar refractivity (Wildman–Crippen MR) is 100 cm³/mol. The highest BCUT2D eigenvalue weighted by Gasteiger charge is 2.30. The minimum Gasteiger partial charge on any atom is -0.481 e. The Bertz CT molecular complexity index is 1030. The van der Waals surface area contributed by atoms with Crippen molar-refractivity contribution in [3.63, 3.8) is 0 Å². The number of aryl methyl sites for hydroxylation is 1. The van der Waals surface area contributed by atoms with E-state index in [-0.39, 0.29) is 12.3 Å². The van der Waals surface area contributed by atoms with Crippen LogP contribution in [0.3, 0.4) is 0 Å². The number of fused-ring (bicyclic) bond motifs is 3. The van der Waals surface area contributed by atoms with E-state index in [9.17, 15) is 18.7 Å². The number of benzene rings is 2. The van der Waals surface area contributed by atoms with Crippen molar-refractivity contribution in [2.75, 3.05) is 0 Å². The highest BCUT2D eigenvalue weighted by atomic mass is 35.5. The zero-order valence-electron chi connectivity index (χ0n) is 14.5. The number of carbonyl (C=O) groups is 1. The zero-order valence-corrected chi connectivity index (χ0v) is 15.3. The second-order valence-corrected chi connectivity index (χ2v) is 7.48. The van der Waals surface area contributed by atoms with Crippen molar-refractivity contribution in [3.8, 4) is 0 Å². The number of hydrogen-bond acceptors (Lipinski definition) is 1. The third-order valence-electron chi connectivity index (χ3n) is 5.26. The molecule has 3 nitrogen and oxygen atoms in total. The average Bonchev–Trinajstić information content (AvgIpc) is 2.91. The van der Waals surface area contributed by atoms with Gasteiger partial charge in [-0.3, -0.25) is 4.79 Å². The van der Waals surface area contributed by atoms with Crippen molar-refractivity contribution >= 4 is 28.5 Å². The molecule has 1 aromatic heterocycles. The van der Waals surface area contributed by atoms with Gasteiger partial charge in [-0.2, -0.15) is 0 Å². The molecule has 0 bridgehead atoms. The van der Waals surface area contributed by atoms with Crippen molar-refractivity contribution in [1.82, 2.24) is 4.57 Å². The van der Waals surface area contributed by atoms with Gasteiger partial charge in [-0.1, -0.05) is 23.7 Å². The van der Waals surface area contributed by atoms with Crippen LogP contribution in [-0.4, -0.2) is 15.6 Å². The van der Waals surface area contributed by atoms with Crippen molar-refractivity contribution in [3.05, 3.63) is 69.9 Å². The first-order chi connectivity index (χ1) is 12.9. The number of hydrogen-bond donors (Lipinski definition) is 1. The second-order valence-electron chi connectivity index (χ2n) is 7.05. The molecule has 0 saturated heterocycles. The molecular formula is C21H18ClF2NO2. The van der Waals surface area contributed by atoms with Crippen LogP contribution in [0.5, 0.6) is 0 Å². The molecule has 140 valence electrons. The van der Waals surface area contributed by atoms with Gasteiger partial charge in [0.05, 0.1) is 11.9 Å². The van der Waals surface area contributed by atoms with Gasteiger partial charge in [-0.15, -0.1) is 0 Å². The normalized spacial score (nSPS) is 16.5. The first-order valence-electron chi connectivity index (χ1n) is 8.90. The van der Waals surface area contributed by atoms with E-state index in [4.69, 9.17) is 11.6 Å². The van der Waals surface area contributed by atoms with Gasteiger partial charge >= 0.3 is 5.97 Å². The Labute approximate surface area is 160 Å². The third-order valence-corrected chi connectivity index (χ3v) is 5.52. The number of aromatic nitrogens is 1. The molecule has 0 radical (unpaired) electrons. The SMILES string of the molecule is O=C(O)CC1CCCc2c1n(Cc1ccc(Cl)cc1)c1c(F)cc(F)cc21. The highest BCUT2D eigenvalue weighted by molar-refractivity contribution is 6.30. The fraction of sp³-hybridized carbons (Fsp3) is 0.286. The lowest BCUT2D eigenvalue weighted by Crippen LogP contribution is -2.17. The summed E-state index contributed by atoms with van der Waals surface area (Å²) >= 11 is 5.95. The van der Waals surface area contributed by atoms with Gasteiger partial charge in [0.25, 0.3) is 0 Å². The maximum atomic E-state index is 14.8. The fourth-order valence-corrected chi connectivity index (χ4v) is 4.36. The summed E-state index contributed by atoms with van der Waals surface area (Å²) in [5, 5.41) is 10.5. The van der Waals surface area contributed by atoms with Gasteiger partial charge in [-0.25, -0.2) is 8.78 Å². The van der Waals surface area contributed by atoms with E-state index >= 15 is 0 Å². The van der Waals surface area contributed by atoms with Gasteiger partial charge in [0, 0.05) is 34.6 Å². The predicted octanol–water partition coefficient (Wildman–Crippen LogP) is 5.52. The van der Waals surface area contributed by atoms with Crippen LogP contribution < -0.4 is 0 Å². The number of rotatable bonds is 4. The van der Waals surface area contributed by atoms with Crippen LogP contribution in [0.4, 0.5) is 8.78 Å². The molecule has 1 aliphatic rings. The summed E-state index contributed by atoms with van der Waals surface area (Å²) in [4.78, 5) is 11.4. The van der Waals surface area contributed by atoms with Crippen LogP contribution in [0.15, 0.2) is 36.4 Å². The quantitative estimate of drug-likeness (QED) is 0.638. The van der Waals surface area contributed by atoms with Gasteiger partial charge in [0.15, 0.2) is 0 Å². The van der Waals surface area contributed by atoms with Crippen molar-refractivity contribution in [2.24, 2.45) is 0 Å². The van der Waals surface area contributed by atoms with Gasteiger partial charge < -0.3 is 9.67 Å². The van der Waals surface area contributed by atoms with Crippen LogP contribution in [0.25, 0.3) is 10.9 Å². The summed E-state index contributed by atoms with van der Waals surface area (Å²) < 4.78 is 30.5. The average molecular weight is 390 g/mol. The minimum atomic E-state index is -0.886. The lowest BCUT2D eigenvalue weighted by Gasteiger charge is -2.24. The lowest BCUT2D eigenvalue weighted by molar-refractivity contribution is -0.137. The molecule has 4 rings (SSSR count). The van der Waals surface area contributed by atoms with E-state index in [1.54, 1.807) is 12.1 Å². The van der Waals surface area contributed by atoms with E-state index in [1.165, 1.54) is 6.07 Å². The number of carboxylic acids is 1. The van der Waals surface area contributed by atoms with Crippen LogP contribution in [-0.2, 0) is 17.8 Å². The molecule has 0 fully saturated rings. The maximum Gasteiger partial charge on any atom is 0.304 e. The molecule has 6 heteroatoms. The Morgan fingerprint density at radius 1 is 1.22 bits per heavy atom. The van der Waals surface area contributed by atoms with Crippen molar-refractivity contribution in [2.45, 2.75) is 38.1 Å². The van der Waals surface area contributed by atoms with Crippen LogP contribution in [0, 0.1) is 11.6 Å². The van der Waals surface area contributed by atoms with E-state index in [0.717, 1.165) is 35.7 Å². The Morgan fingerprint density at radius 2 is 1.96 bits per heavy atom. The van der Waals surface area contributed by atoms with E-state index < -0.39 is 17.6 Å². The smallest absolute Gasteiger partial charge is 0.304 e. The summed E-state index contributed by atoms with van der Waals surface area (Å²) in [6.07, 6.45) is 2.20. The van der Waals surface area contributed by atoms with Crippen molar-refractivity contribution < 1.29 is 18.7 Å². The molecule has 1 heterocycles. The summed E-state index contributed by atoms with van der Waals surface area (Å²) in [5.41, 5.74) is 2.95. The Hall–Kier alpha value is -2.40. The zero-order chi connectivity index (χ0) is 19.1. The molecule has 1 N–H and O–H groups in total. The molecule has 0 spiro atoms. The Balaban J connectivity index is 1.94. The topological polar surface area (TPSA) is 42.2 Å². The molecule has 0 aliphatic heterocycles. The molecular weight excluding hydrogens is 372 g/mol. The number of aliphatic carboxylic acids is 1. The first-order valence-corrected chi connectivity index (χ1v) is 9.28. The molecule has 0 amide bonds. The molecule has 27 heavy (non-hydrogen) atoms. The van der Waals surface area contributed by atoms with E-state index in [1.807, 2.05) is 16.7 Å².